The van der Waals surface area contributed by atoms with Crippen LogP contribution in [0.5, 0.6) is 11.5 Å². The summed E-state index contributed by atoms with van der Waals surface area (Å²) in [6.45, 7) is 2.22. The van der Waals surface area contributed by atoms with Crippen LogP contribution in [0.4, 0.5) is 0 Å². The summed E-state index contributed by atoms with van der Waals surface area (Å²) in [6, 6.07) is 13.5. The third kappa shape index (κ3) is 2.92. The molecule has 0 radical (unpaired) electrons. The van der Waals surface area contributed by atoms with Crippen molar-refractivity contribution in [1.29, 1.82) is 0 Å². The zero-order valence-electron chi connectivity index (χ0n) is 17.1. The number of rotatable bonds is 3. The Bertz CT molecular complexity index is 922. The Morgan fingerprint density at radius 1 is 1.14 bits per heavy atom. The van der Waals surface area contributed by atoms with Crippen molar-refractivity contribution in [3.63, 3.8) is 0 Å². The van der Waals surface area contributed by atoms with E-state index >= 15 is 0 Å². The van der Waals surface area contributed by atoms with Gasteiger partial charge in [0.25, 0.3) is 0 Å². The molecule has 0 N–H and O–H groups in total. The average molecular weight is 392 g/mol. The van der Waals surface area contributed by atoms with Crippen LogP contribution >= 0.6 is 0 Å². The van der Waals surface area contributed by atoms with Gasteiger partial charge in [-0.05, 0) is 55.4 Å². The molecule has 1 aliphatic heterocycles. The van der Waals surface area contributed by atoms with Crippen molar-refractivity contribution in [2.24, 2.45) is 5.92 Å². The maximum absolute atomic E-state index is 12.7. The van der Waals surface area contributed by atoms with E-state index in [-0.39, 0.29) is 29.5 Å². The lowest BCUT2D eigenvalue weighted by molar-refractivity contribution is -0.0413. The minimum Gasteiger partial charge on any atom is -0.493 e. The predicted molar refractivity (Wildman–Crippen MR) is 111 cm³/mol. The molecule has 152 valence electrons. The summed E-state index contributed by atoms with van der Waals surface area (Å²) in [7, 11) is 1.71. The summed E-state index contributed by atoms with van der Waals surface area (Å²) in [4.78, 5) is 12.7. The second kappa shape index (κ2) is 7.08. The van der Waals surface area contributed by atoms with Gasteiger partial charge in [0.15, 0.2) is 11.5 Å². The van der Waals surface area contributed by atoms with Gasteiger partial charge >= 0.3 is 5.97 Å². The number of carbonyl (C=O) groups is 1. The molecule has 3 aliphatic rings. The standard InChI is InChI=1S/C25H28O4/c1-16-15-25-13-7-6-8-17-11-12-19(27-2)23(22(17)25)29-21(25)14-20(16)28-24(26)18-9-4-3-5-10-18/h3-5,9-12,16,20-21H,6-8,13-15H2,1-2H3/t16-,20-,21?,25-/m1/s1. The molecule has 4 atom stereocenters. The molecule has 4 nitrogen and oxygen atoms in total. The van der Waals surface area contributed by atoms with E-state index in [0.717, 1.165) is 37.2 Å². The van der Waals surface area contributed by atoms with Gasteiger partial charge in [0.1, 0.15) is 12.2 Å². The van der Waals surface area contributed by atoms with E-state index < -0.39 is 0 Å². The van der Waals surface area contributed by atoms with Crippen molar-refractivity contribution in [2.45, 2.75) is 63.1 Å². The third-order valence-corrected chi connectivity index (χ3v) is 7.16. The number of benzene rings is 2. The number of methoxy groups -OCH3 is 1. The molecule has 2 aliphatic carbocycles. The molecule has 4 heteroatoms. The van der Waals surface area contributed by atoms with Gasteiger partial charge in [-0.2, -0.15) is 0 Å². The fraction of sp³-hybridized carbons (Fsp3) is 0.480. The maximum Gasteiger partial charge on any atom is 0.338 e. The van der Waals surface area contributed by atoms with Gasteiger partial charge in [-0.15, -0.1) is 0 Å². The highest BCUT2D eigenvalue weighted by molar-refractivity contribution is 5.89. The van der Waals surface area contributed by atoms with Gasteiger partial charge in [-0.3, -0.25) is 0 Å². The van der Waals surface area contributed by atoms with Crippen molar-refractivity contribution in [3.8, 4) is 11.5 Å². The molecule has 0 saturated heterocycles. The first-order valence-corrected chi connectivity index (χ1v) is 10.8. The van der Waals surface area contributed by atoms with E-state index in [4.69, 9.17) is 14.2 Å². The summed E-state index contributed by atoms with van der Waals surface area (Å²) in [6.07, 6.45) is 6.28. The molecular formula is C25H28O4. The van der Waals surface area contributed by atoms with Crippen LogP contribution in [-0.4, -0.2) is 25.3 Å². The highest BCUT2D eigenvalue weighted by Gasteiger charge is 2.56. The van der Waals surface area contributed by atoms with Gasteiger partial charge in [-0.25, -0.2) is 4.79 Å². The first-order chi connectivity index (χ1) is 14.1. The van der Waals surface area contributed by atoms with Crippen LogP contribution in [0.3, 0.4) is 0 Å². The van der Waals surface area contributed by atoms with Crippen LogP contribution in [0.1, 0.15) is 60.5 Å². The van der Waals surface area contributed by atoms with Crippen LogP contribution in [0, 0.1) is 5.92 Å². The number of carbonyl (C=O) groups excluding carboxylic acids is 1. The van der Waals surface area contributed by atoms with Gasteiger partial charge in [-0.1, -0.05) is 37.6 Å². The molecule has 1 saturated carbocycles. The molecule has 0 bridgehead atoms. The minimum absolute atomic E-state index is 0.0186. The lowest BCUT2D eigenvalue weighted by Crippen LogP contribution is -2.49. The summed E-state index contributed by atoms with van der Waals surface area (Å²) >= 11 is 0. The number of hydrogen-bond donors (Lipinski definition) is 0. The fourth-order valence-corrected chi connectivity index (χ4v) is 5.80. The maximum atomic E-state index is 12.7. The Hall–Kier alpha value is -2.49. The first-order valence-electron chi connectivity index (χ1n) is 10.8. The Labute approximate surface area is 172 Å². The van der Waals surface area contributed by atoms with Crippen molar-refractivity contribution < 1.29 is 19.0 Å². The fourth-order valence-electron chi connectivity index (χ4n) is 5.80. The van der Waals surface area contributed by atoms with E-state index in [0.29, 0.717) is 5.56 Å². The van der Waals surface area contributed by atoms with Crippen molar-refractivity contribution >= 4 is 5.97 Å². The highest BCUT2D eigenvalue weighted by Crippen LogP contribution is 2.59. The topological polar surface area (TPSA) is 44.8 Å². The van der Waals surface area contributed by atoms with Gasteiger partial charge < -0.3 is 14.2 Å². The van der Waals surface area contributed by atoms with Crippen molar-refractivity contribution in [2.75, 3.05) is 7.11 Å². The molecular weight excluding hydrogens is 364 g/mol. The Morgan fingerprint density at radius 2 is 1.97 bits per heavy atom. The van der Waals surface area contributed by atoms with E-state index in [1.807, 2.05) is 36.4 Å². The van der Waals surface area contributed by atoms with Crippen LogP contribution in [0.2, 0.25) is 0 Å². The van der Waals surface area contributed by atoms with Crippen LogP contribution < -0.4 is 9.47 Å². The molecule has 1 unspecified atom stereocenters. The highest BCUT2D eigenvalue weighted by atomic mass is 16.6. The molecule has 1 heterocycles. The minimum atomic E-state index is -0.243. The number of hydrogen-bond acceptors (Lipinski definition) is 4. The van der Waals surface area contributed by atoms with Gasteiger partial charge in [0.05, 0.1) is 12.7 Å². The van der Waals surface area contributed by atoms with Gasteiger partial charge in [0, 0.05) is 17.4 Å². The predicted octanol–water partition coefficient (Wildman–Crippen LogP) is 5.08. The van der Waals surface area contributed by atoms with Crippen molar-refractivity contribution in [1.82, 2.24) is 0 Å². The summed E-state index contributed by atoms with van der Waals surface area (Å²) in [5.74, 6) is 1.79. The van der Waals surface area contributed by atoms with E-state index in [9.17, 15) is 4.79 Å². The largest absolute Gasteiger partial charge is 0.493 e. The molecule has 0 amide bonds. The molecule has 1 fully saturated rings. The zero-order chi connectivity index (χ0) is 20.0. The molecule has 1 spiro atoms. The third-order valence-electron chi connectivity index (χ3n) is 7.16. The van der Waals surface area contributed by atoms with Crippen molar-refractivity contribution in [3.05, 3.63) is 59.2 Å². The SMILES string of the molecule is COc1ccc2c3c1OC1C[C@@H](OC(=O)c4ccccc4)[C@H](C)C[C@@]31CCCC2. The Balaban J connectivity index is 1.46. The Morgan fingerprint density at radius 3 is 2.76 bits per heavy atom. The Kier molecular flexibility index (Phi) is 4.53. The van der Waals surface area contributed by atoms with Crippen LogP contribution in [-0.2, 0) is 16.6 Å². The average Bonchev–Trinajstić information content (AvgIpc) is 2.94. The monoisotopic (exact) mass is 392 g/mol. The second-order valence-corrected chi connectivity index (χ2v) is 8.83. The van der Waals surface area contributed by atoms with Gasteiger partial charge in [0.2, 0.25) is 0 Å². The van der Waals surface area contributed by atoms with Crippen LogP contribution in [0.25, 0.3) is 0 Å². The number of aryl methyl sites for hydroxylation is 1. The molecule has 2 aromatic rings. The lowest BCUT2D eigenvalue weighted by atomic mass is 9.62. The summed E-state index contributed by atoms with van der Waals surface area (Å²) in [5.41, 5.74) is 3.41. The first kappa shape index (κ1) is 18.5. The normalized spacial score (nSPS) is 29.8. The van der Waals surface area contributed by atoms with E-state index in [1.165, 1.54) is 24.0 Å². The number of esters is 1. The second-order valence-electron chi connectivity index (χ2n) is 8.83. The molecule has 29 heavy (non-hydrogen) atoms. The molecule has 2 aromatic carbocycles. The summed E-state index contributed by atoms with van der Waals surface area (Å²) < 4.78 is 18.2. The number of ether oxygens (including phenoxy) is 3. The van der Waals surface area contributed by atoms with E-state index in [2.05, 4.69) is 13.0 Å². The van der Waals surface area contributed by atoms with E-state index in [1.54, 1.807) is 7.11 Å². The smallest absolute Gasteiger partial charge is 0.338 e. The summed E-state index contributed by atoms with van der Waals surface area (Å²) in [5, 5.41) is 0. The zero-order valence-corrected chi connectivity index (χ0v) is 17.1. The quantitative estimate of drug-likeness (QED) is 0.684. The molecule has 5 rings (SSSR count). The molecule has 0 aromatic heterocycles. The lowest BCUT2D eigenvalue weighted by Gasteiger charge is -2.44. The van der Waals surface area contributed by atoms with Crippen LogP contribution in [0.15, 0.2) is 42.5 Å².